The number of benzene rings is 2. The number of fused-ring (bicyclic) bond motifs is 3. The van der Waals surface area contributed by atoms with Crippen LogP contribution in [0.4, 0.5) is 13.2 Å². The fourth-order valence-electron chi connectivity index (χ4n) is 3.20. The van der Waals surface area contributed by atoms with Crippen LogP contribution in [-0.2, 0) is 6.18 Å². The molecule has 0 atom stereocenters. The quantitative estimate of drug-likeness (QED) is 0.551. The lowest BCUT2D eigenvalue weighted by Gasteiger charge is -2.13. The van der Waals surface area contributed by atoms with Crippen LogP contribution >= 0.6 is 0 Å². The molecule has 27 heavy (non-hydrogen) atoms. The first kappa shape index (κ1) is 16.8. The van der Waals surface area contributed by atoms with Crippen molar-refractivity contribution in [3.63, 3.8) is 0 Å². The summed E-state index contributed by atoms with van der Waals surface area (Å²) < 4.78 is 41.9. The number of aromatic amines is 1. The van der Waals surface area contributed by atoms with Gasteiger partial charge in [-0.3, -0.25) is 9.89 Å². The molecule has 0 aliphatic rings. The summed E-state index contributed by atoms with van der Waals surface area (Å²) in [5.41, 5.74) is -0.792. The summed E-state index contributed by atoms with van der Waals surface area (Å²) >= 11 is 0. The minimum atomic E-state index is -4.73. The van der Waals surface area contributed by atoms with E-state index in [1.54, 1.807) is 43.3 Å². The molecule has 8 heteroatoms. The van der Waals surface area contributed by atoms with Crippen LogP contribution in [0.2, 0.25) is 0 Å². The predicted molar refractivity (Wildman–Crippen MR) is 93.2 cm³/mol. The molecule has 4 aromatic rings. The standard InChI is InChI=1S/C19H11F3N4O/c1-10-7-15(27)26-18(24-10)16-12(11-5-3-2-4-6-11)8-14(19(20,21)22)13(9-23)17(16)25-26/h2-8,25H,1H3. The molecule has 5 nitrogen and oxygen atoms in total. The fourth-order valence-corrected chi connectivity index (χ4v) is 3.20. The van der Waals surface area contributed by atoms with E-state index < -0.39 is 22.9 Å². The third-order valence-electron chi connectivity index (χ3n) is 4.32. The van der Waals surface area contributed by atoms with Crippen molar-refractivity contribution in [3.8, 4) is 17.2 Å². The van der Waals surface area contributed by atoms with Gasteiger partial charge in [0.1, 0.15) is 6.07 Å². The summed E-state index contributed by atoms with van der Waals surface area (Å²) in [6, 6.07) is 12.3. The second-order valence-corrected chi connectivity index (χ2v) is 6.08. The van der Waals surface area contributed by atoms with E-state index in [1.165, 1.54) is 6.07 Å². The normalized spacial score (nSPS) is 11.8. The van der Waals surface area contributed by atoms with E-state index in [2.05, 4.69) is 10.1 Å². The molecule has 134 valence electrons. The van der Waals surface area contributed by atoms with Crippen LogP contribution in [0.5, 0.6) is 0 Å². The third kappa shape index (κ3) is 2.56. The van der Waals surface area contributed by atoms with Gasteiger partial charge < -0.3 is 0 Å². The summed E-state index contributed by atoms with van der Waals surface area (Å²) in [6.07, 6.45) is -4.73. The molecule has 0 saturated carbocycles. The maximum Gasteiger partial charge on any atom is 0.417 e. The second kappa shape index (κ2) is 5.71. The zero-order valence-corrected chi connectivity index (χ0v) is 13.9. The number of rotatable bonds is 1. The highest BCUT2D eigenvalue weighted by molar-refractivity contribution is 6.06. The smallest absolute Gasteiger partial charge is 0.288 e. The largest absolute Gasteiger partial charge is 0.417 e. The van der Waals surface area contributed by atoms with Gasteiger partial charge in [-0.15, -0.1) is 0 Å². The van der Waals surface area contributed by atoms with Gasteiger partial charge in [0, 0.05) is 11.8 Å². The molecule has 0 saturated heterocycles. The van der Waals surface area contributed by atoms with Crippen molar-refractivity contribution >= 4 is 16.6 Å². The fraction of sp³-hybridized carbons (Fsp3) is 0.105. The molecular formula is C19H11F3N4O. The SMILES string of the molecule is Cc1cc(=O)n2[nH]c3c(C#N)c(C(F)(F)F)cc(-c4ccccc4)c3c2n1. The second-order valence-electron chi connectivity index (χ2n) is 6.08. The van der Waals surface area contributed by atoms with Crippen LogP contribution in [0.3, 0.4) is 0 Å². The van der Waals surface area contributed by atoms with E-state index >= 15 is 0 Å². The molecule has 2 heterocycles. The van der Waals surface area contributed by atoms with Gasteiger partial charge in [-0.1, -0.05) is 30.3 Å². The zero-order chi connectivity index (χ0) is 19.3. The molecule has 0 fully saturated rings. The van der Waals surface area contributed by atoms with Crippen molar-refractivity contribution in [2.45, 2.75) is 13.1 Å². The number of hydrogen-bond acceptors (Lipinski definition) is 3. The van der Waals surface area contributed by atoms with Crippen LogP contribution in [0.15, 0.2) is 47.3 Å². The van der Waals surface area contributed by atoms with E-state index in [-0.39, 0.29) is 16.7 Å². The van der Waals surface area contributed by atoms with Crippen LogP contribution in [0.1, 0.15) is 16.8 Å². The lowest BCUT2D eigenvalue weighted by molar-refractivity contribution is -0.137. The summed E-state index contributed by atoms with van der Waals surface area (Å²) in [6.45, 7) is 1.62. The van der Waals surface area contributed by atoms with Crippen LogP contribution in [0, 0.1) is 18.3 Å². The summed E-state index contributed by atoms with van der Waals surface area (Å²) in [4.78, 5) is 16.6. The van der Waals surface area contributed by atoms with Gasteiger partial charge in [0.05, 0.1) is 22.0 Å². The Kier molecular flexibility index (Phi) is 3.56. The van der Waals surface area contributed by atoms with Crippen LogP contribution < -0.4 is 5.56 Å². The third-order valence-corrected chi connectivity index (χ3v) is 4.32. The van der Waals surface area contributed by atoms with Crippen molar-refractivity contribution < 1.29 is 13.2 Å². The van der Waals surface area contributed by atoms with Crippen molar-refractivity contribution in [2.75, 3.05) is 0 Å². The maximum atomic E-state index is 13.6. The lowest BCUT2D eigenvalue weighted by atomic mass is 9.95. The van der Waals surface area contributed by atoms with Gasteiger partial charge in [0.2, 0.25) is 0 Å². The molecular weight excluding hydrogens is 357 g/mol. The van der Waals surface area contributed by atoms with E-state index in [1.807, 2.05) is 0 Å². The monoisotopic (exact) mass is 368 g/mol. The van der Waals surface area contributed by atoms with E-state index in [0.29, 0.717) is 16.6 Å². The molecule has 2 aromatic carbocycles. The number of alkyl halides is 3. The first-order valence-electron chi connectivity index (χ1n) is 7.93. The Morgan fingerprint density at radius 3 is 2.52 bits per heavy atom. The average molecular weight is 368 g/mol. The van der Waals surface area contributed by atoms with E-state index in [0.717, 1.165) is 10.6 Å². The molecule has 0 spiro atoms. The Bertz CT molecular complexity index is 1290. The number of aryl methyl sites for hydroxylation is 1. The Morgan fingerprint density at radius 2 is 1.89 bits per heavy atom. The molecule has 4 rings (SSSR count). The van der Waals surface area contributed by atoms with Crippen molar-refractivity contribution in [1.82, 2.24) is 14.6 Å². The number of nitriles is 1. The van der Waals surface area contributed by atoms with Crippen LogP contribution in [-0.4, -0.2) is 14.6 Å². The lowest BCUT2D eigenvalue weighted by Crippen LogP contribution is -2.14. The molecule has 0 amide bonds. The first-order valence-corrected chi connectivity index (χ1v) is 7.93. The number of nitrogens with zero attached hydrogens (tertiary/aromatic N) is 3. The van der Waals surface area contributed by atoms with E-state index in [9.17, 15) is 23.2 Å². The van der Waals surface area contributed by atoms with Gasteiger partial charge in [0.15, 0.2) is 5.65 Å². The Balaban J connectivity index is 2.31. The Labute approximate surface area is 150 Å². The highest BCUT2D eigenvalue weighted by Crippen LogP contribution is 2.40. The summed E-state index contributed by atoms with van der Waals surface area (Å²) in [5, 5.41) is 12.3. The zero-order valence-electron chi connectivity index (χ0n) is 13.9. The van der Waals surface area contributed by atoms with Crippen molar-refractivity contribution in [2.24, 2.45) is 0 Å². The number of nitrogens with one attached hydrogen (secondary N) is 1. The number of halogens is 3. The van der Waals surface area contributed by atoms with E-state index in [4.69, 9.17) is 0 Å². The molecule has 2 aromatic heterocycles. The molecule has 0 aliphatic heterocycles. The van der Waals surface area contributed by atoms with Gasteiger partial charge in [-0.2, -0.15) is 18.4 Å². The number of H-pyrrole nitrogens is 1. The predicted octanol–water partition coefficient (Wildman–Crippen LogP) is 4.04. The van der Waals surface area contributed by atoms with Gasteiger partial charge in [-0.25, -0.2) is 9.50 Å². The summed E-state index contributed by atoms with van der Waals surface area (Å²) in [7, 11) is 0. The maximum absolute atomic E-state index is 13.6. The minimum Gasteiger partial charge on any atom is -0.288 e. The van der Waals surface area contributed by atoms with Gasteiger partial charge in [-0.05, 0) is 24.1 Å². The summed E-state index contributed by atoms with van der Waals surface area (Å²) in [5.74, 6) is 0. The highest BCUT2D eigenvalue weighted by Gasteiger charge is 2.36. The molecule has 0 aliphatic carbocycles. The topological polar surface area (TPSA) is 73.9 Å². The Morgan fingerprint density at radius 1 is 1.19 bits per heavy atom. The van der Waals surface area contributed by atoms with Crippen molar-refractivity contribution in [1.29, 1.82) is 5.26 Å². The van der Waals surface area contributed by atoms with Crippen molar-refractivity contribution in [3.05, 3.63) is 69.6 Å². The molecule has 0 bridgehead atoms. The van der Waals surface area contributed by atoms with Gasteiger partial charge in [0.25, 0.3) is 5.56 Å². The average Bonchev–Trinajstić information content (AvgIpc) is 3.00. The number of aromatic nitrogens is 3. The highest BCUT2D eigenvalue weighted by atomic mass is 19.4. The molecule has 0 unspecified atom stereocenters. The minimum absolute atomic E-state index is 0.0682. The Hall–Kier alpha value is -3.60. The number of hydrogen-bond donors (Lipinski definition) is 1. The molecule has 1 N–H and O–H groups in total. The first-order chi connectivity index (χ1) is 12.8. The van der Waals surface area contributed by atoms with Crippen LogP contribution in [0.25, 0.3) is 27.7 Å². The van der Waals surface area contributed by atoms with Gasteiger partial charge >= 0.3 is 6.18 Å². The molecule has 0 radical (unpaired) electrons.